The van der Waals surface area contributed by atoms with E-state index in [1.54, 1.807) is 0 Å². The van der Waals surface area contributed by atoms with E-state index < -0.39 is 0 Å². The van der Waals surface area contributed by atoms with Gasteiger partial charge in [0, 0.05) is 32.7 Å². The van der Waals surface area contributed by atoms with Crippen LogP contribution in [0.2, 0.25) is 0 Å². The normalized spacial score (nSPS) is 16.7. The van der Waals surface area contributed by atoms with Gasteiger partial charge in [-0.05, 0) is 28.0 Å². The molecule has 1 saturated heterocycles. The fourth-order valence-corrected chi connectivity index (χ4v) is 4.14. The molecule has 4 rings (SSSR count). The van der Waals surface area contributed by atoms with Crippen molar-refractivity contribution in [2.24, 2.45) is 0 Å². The van der Waals surface area contributed by atoms with E-state index in [0.717, 1.165) is 57.9 Å². The van der Waals surface area contributed by atoms with E-state index >= 15 is 0 Å². The molecule has 6 nitrogen and oxygen atoms in total. The van der Waals surface area contributed by atoms with Crippen molar-refractivity contribution < 1.29 is 0 Å². The van der Waals surface area contributed by atoms with Crippen molar-refractivity contribution in [3.63, 3.8) is 0 Å². The van der Waals surface area contributed by atoms with Crippen LogP contribution < -0.4 is 0 Å². The van der Waals surface area contributed by atoms with Crippen LogP contribution in [0.3, 0.4) is 0 Å². The molecule has 0 radical (unpaired) electrons. The Balaban J connectivity index is 1.42. The standard InChI is InChI=1S/C23H30N6/c1-2-9-22(23-24-25-26-29(23)19-21-12-7-4-8-13-21)28-16-14-27(15-17-28)18-20-10-5-3-6-11-20/h3-8,10-13,22H,2,9,14-19H2,1H3. The molecule has 29 heavy (non-hydrogen) atoms. The van der Waals surface area contributed by atoms with Gasteiger partial charge in [-0.15, -0.1) is 5.10 Å². The quantitative estimate of drug-likeness (QED) is 0.590. The number of benzene rings is 2. The second kappa shape index (κ2) is 9.76. The lowest BCUT2D eigenvalue weighted by Gasteiger charge is -2.38. The highest BCUT2D eigenvalue weighted by Crippen LogP contribution is 2.25. The van der Waals surface area contributed by atoms with Gasteiger partial charge in [-0.3, -0.25) is 9.80 Å². The molecule has 0 saturated carbocycles. The summed E-state index contributed by atoms with van der Waals surface area (Å²) in [4.78, 5) is 5.11. The second-order valence-electron chi connectivity index (χ2n) is 7.78. The summed E-state index contributed by atoms with van der Waals surface area (Å²) >= 11 is 0. The van der Waals surface area contributed by atoms with Gasteiger partial charge >= 0.3 is 0 Å². The van der Waals surface area contributed by atoms with Gasteiger partial charge < -0.3 is 0 Å². The second-order valence-corrected chi connectivity index (χ2v) is 7.78. The van der Waals surface area contributed by atoms with Gasteiger partial charge in [0.2, 0.25) is 0 Å². The van der Waals surface area contributed by atoms with E-state index in [1.807, 2.05) is 10.7 Å². The largest absolute Gasteiger partial charge is 0.297 e. The first-order chi connectivity index (χ1) is 14.3. The van der Waals surface area contributed by atoms with Crippen molar-refractivity contribution in [1.29, 1.82) is 0 Å². The predicted molar refractivity (Wildman–Crippen MR) is 114 cm³/mol. The van der Waals surface area contributed by atoms with Gasteiger partial charge in [0.1, 0.15) is 0 Å². The Bertz CT molecular complexity index is 855. The summed E-state index contributed by atoms with van der Waals surface area (Å²) in [7, 11) is 0. The monoisotopic (exact) mass is 390 g/mol. The summed E-state index contributed by atoms with van der Waals surface area (Å²) in [5.41, 5.74) is 2.61. The van der Waals surface area contributed by atoms with E-state index in [0.29, 0.717) is 0 Å². The van der Waals surface area contributed by atoms with E-state index in [2.05, 4.69) is 86.8 Å². The highest BCUT2D eigenvalue weighted by atomic mass is 15.6. The Hall–Kier alpha value is -2.57. The van der Waals surface area contributed by atoms with Crippen molar-refractivity contribution in [1.82, 2.24) is 30.0 Å². The lowest BCUT2D eigenvalue weighted by molar-refractivity contribution is 0.0820. The summed E-state index contributed by atoms with van der Waals surface area (Å²) in [6.07, 6.45) is 2.20. The molecule has 2 aromatic carbocycles. The summed E-state index contributed by atoms with van der Waals surface area (Å²) in [6.45, 7) is 8.25. The summed E-state index contributed by atoms with van der Waals surface area (Å²) < 4.78 is 1.98. The van der Waals surface area contributed by atoms with Gasteiger partial charge in [-0.1, -0.05) is 74.0 Å². The van der Waals surface area contributed by atoms with Crippen LogP contribution in [0.25, 0.3) is 0 Å². The summed E-state index contributed by atoms with van der Waals surface area (Å²) in [5.74, 6) is 0.993. The first-order valence-corrected chi connectivity index (χ1v) is 10.6. The number of hydrogen-bond donors (Lipinski definition) is 0. The summed E-state index contributed by atoms with van der Waals surface area (Å²) in [5, 5.41) is 12.8. The van der Waals surface area contributed by atoms with Gasteiger partial charge in [0.05, 0.1) is 12.6 Å². The minimum absolute atomic E-state index is 0.276. The summed E-state index contributed by atoms with van der Waals surface area (Å²) in [6, 6.07) is 21.4. The van der Waals surface area contributed by atoms with E-state index in [9.17, 15) is 0 Å². The molecule has 152 valence electrons. The molecule has 0 spiro atoms. The van der Waals surface area contributed by atoms with Crippen LogP contribution in [0.5, 0.6) is 0 Å². The van der Waals surface area contributed by atoms with Crippen LogP contribution in [0, 0.1) is 0 Å². The lowest BCUT2D eigenvalue weighted by Crippen LogP contribution is -2.47. The van der Waals surface area contributed by atoms with Crippen LogP contribution in [0.1, 0.15) is 42.8 Å². The Morgan fingerprint density at radius 1 is 0.828 bits per heavy atom. The third kappa shape index (κ3) is 5.08. The molecule has 6 heteroatoms. The SMILES string of the molecule is CCCC(c1nnnn1Cc1ccccc1)N1CCN(Cc2ccccc2)CC1. The minimum atomic E-state index is 0.276. The highest BCUT2D eigenvalue weighted by molar-refractivity contribution is 5.16. The van der Waals surface area contributed by atoms with Crippen LogP contribution in [0.4, 0.5) is 0 Å². The molecule has 0 aliphatic carbocycles. The van der Waals surface area contributed by atoms with Crippen molar-refractivity contribution in [3.8, 4) is 0 Å². The zero-order chi connectivity index (χ0) is 19.9. The number of piperazine rings is 1. The van der Waals surface area contributed by atoms with Crippen molar-refractivity contribution >= 4 is 0 Å². The Morgan fingerprint density at radius 3 is 2.07 bits per heavy atom. The van der Waals surface area contributed by atoms with Gasteiger partial charge in [0.15, 0.2) is 5.82 Å². The third-order valence-corrected chi connectivity index (χ3v) is 5.69. The molecule has 1 aromatic heterocycles. The molecule has 0 amide bonds. The number of aromatic nitrogens is 4. The highest BCUT2D eigenvalue weighted by Gasteiger charge is 2.28. The van der Waals surface area contributed by atoms with Crippen molar-refractivity contribution in [2.75, 3.05) is 26.2 Å². The van der Waals surface area contributed by atoms with E-state index in [1.165, 1.54) is 11.1 Å². The third-order valence-electron chi connectivity index (χ3n) is 5.69. The molecule has 0 bridgehead atoms. The number of rotatable bonds is 8. The topological polar surface area (TPSA) is 50.1 Å². The van der Waals surface area contributed by atoms with Crippen LogP contribution in [-0.2, 0) is 13.1 Å². The Morgan fingerprint density at radius 2 is 1.45 bits per heavy atom. The van der Waals surface area contributed by atoms with Gasteiger partial charge in [-0.25, -0.2) is 4.68 Å². The van der Waals surface area contributed by atoms with E-state index in [-0.39, 0.29) is 6.04 Å². The molecule has 3 aromatic rings. The molecule has 2 heterocycles. The lowest BCUT2D eigenvalue weighted by atomic mass is 10.1. The molecule has 0 N–H and O–H groups in total. The number of nitrogens with zero attached hydrogens (tertiary/aromatic N) is 6. The maximum Gasteiger partial charge on any atom is 0.168 e. The molecule has 1 atom stereocenters. The maximum atomic E-state index is 4.44. The zero-order valence-corrected chi connectivity index (χ0v) is 17.2. The maximum absolute atomic E-state index is 4.44. The average Bonchev–Trinajstić information content (AvgIpc) is 3.22. The Kier molecular flexibility index (Phi) is 6.64. The first-order valence-electron chi connectivity index (χ1n) is 10.6. The molecule has 1 aliphatic rings. The predicted octanol–water partition coefficient (Wildman–Crippen LogP) is 3.38. The van der Waals surface area contributed by atoms with Gasteiger partial charge in [0.25, 0.3) is 0 Å². The molecule has 1 aliphatic heterocycles. The van der Waals surface area contributed by atoms with Crippen molar-refractivity contribution in [3.05, 3.63) is 77.6 Å². The fraction of sp³-hybridized carbons (Fsp3) is 0.435. The van der Waals surface area contributed by atoms with Crippen molar-refractivity contribution in [2.45, 2.75) is 38.9 Å². The molecular formula is C23H30N6. The van der Waals surface area contributed by atoms with Crippen LogP contribution in [0.15, 0.2) is 60.7 Å². The molecular weight excluding hydrogens is 360 g/mol. The minimum Gasteiger partial charge on any atom is -0.297 e. The van der Waals surface area contributed by atoms with Crippen LogP contribution in [-0.4, -0.2) is 56.2 Å². The average molecular weight is 391 g/mol. The molecule has 1 fully saturated rings. The number of tetrazole rings is 1. The Labute approximate surface area is 173 Å². The zero-order valence-electron chi connectivity index (χ0n) is 17.2. The van der Waals surface area contributed by atoms with Crippen LogP contribution >= 0.6 is 0 Å². The van der Waals surface area contributed by atoms with Gasteiger partial charge in [-0.2, -0.15) is 0 Å². The molecule has 1 unspecified atom stereocenters. The first kappa shape index (κ1) is 19.7. The van der Waals surface area contributed by atoms with E-state index in [4.69, 9.17) is 0 Å². The fourth-order valence-electron chi connectivity index (χ4n) is 4.14. The smallest absolute Gasteiger partial charge is 0.168 e. The number of hydrogen-bond acceptors (Lipinski definition) is 5.